The monoisotopic (exact) mass is 271 g/mol. The maximum atomic E-state index is 11.6. The van der Waals surface area contributed by atoms with E-state index in [1.807, 2.05) is 27.7 Å². The topological polar surface area (TPSA) is 81.2 Å². The van der Waals surface area contributed by atoms with Crippen molar-refractivity contribution >= 4 is 17.7 Å². The van der Waals surface area contributed by atoms with Crippen LogP contribution in [0.3, 0.4) is 0 Å². The van der Waals surface area contributed by atoms with Gasteiger partial charge in [0.05, 0.1) is 11.4 Å². The molecule has 0 atom stereocenters. The van der Waals surface area contributed by atoms with E-state index in [9.17, 15) is 4.79 Å². The van der Waals surface area contributed by atoms with Crippen LogP contribution in [0.2, 0.25) is 0 Å². The lowest BCUT2D eigenvalue weighted by Gasteiger charge is -2.18. The Morgan fingerprint density at radius 1 is 1.50 bits per heavy atom. The fourth-order valence-corrected chi connectivity index (χ4v) is 2.34. The second kappa shape index (κ2) is 6.24. The average molecular weight is 271 g/mol. The number of nitrogens with two attached hydrogens (primary N) is 1. The molecule has 0 aromatic carbocycles. The van der Waals surface area contributed by atoms with Gasteiger partial charge in [0.15, 0.2) is 0 Å². The van der Waals surface area contributed by atoms with Gasteiger partial charge in [-0.2, -0.15) is 0 Å². The van der Waals surface area contributed by atoms with Crippen molar-refractivity contribution in [1.82, 2.24) is 10.5 Å². The zero-order valence-corrected chi connectivity index (χ0v) is 12.2. The molecule has 0 saturated heterocycles. The summed E-state index contributed by atoms with van der Waals surface area (Å²) in [6, 6.07) is 0. The molecule has 0 saturated carbocycles. The SMILES string of the molecule is Cc1noc(C)c1CSCC(=O)NCC(C)(C)N. The highest BCUT2D eigenvalue weighted by Crippen LogP contribution is 2.19. The lowest BCUT2D eigenvalue weighted by atomic mass is 10.1. The predicted octanol–water partition coefficient (Wildman–Crippen LogP) is 1.38. The molecule has 0 unspecified atom stereocenters. The Morgan fingerprint density at radius 2 is 2.17 bits per heavy atom. The first-order valence-electron chi connectivity index (χ1n) is 5.84. The highest BCUT2D eigenvalue weighted by Gasteiger charge is 2.13. The van der Waals surface area contributed by atoms with E-state index < -0.39 is 0 Å². The van der Waals surface area contributed by atoms with Crippen molar-refractivity contribution in [2.45, 2.75) is 39.0 Å². The van der Waals surface area contributed by atoms with Crippen molar-refractivity contribution in [3.05, 3.63) is 17.0 Å². The van der Waals surface area contributed by atoms with E-state index in [1.165, 1.54) is 0 Å². The van der Waals surface area contributed by atoms with Crippen LogP contribution >= 0.6 is 11.8 Å². The van der Waals surface area contributed by atoms with Gasteiger partial charge in [0.2, 0.25) is 5.91 Å². The summed E-state index contributed by atoms with van der Waals surface area (Å²) in [5, 5.41) is 6.69. The van der Waals surface area contributed by atoms with Gasteiger partial charge in [0.25, 0.3) is 0 Å². The zero-order valence-electron chi connectivity index (χ0n) is 11.4. The molecule has 1 amide bonds. The number of aryl methyl sites for hydroxylation is 2. The minimum Gasteiger partial charge on any atom is -0.361 e. The molecule has 3 N–H and O–H groups in total. The number of rotatable bonds is 6. The largest absolute Gasteiger partial charge is 0.361 e. The van der Waals surface area contributed by atoms with Crippen LogP contribution in [-0.2, 0) is 10.5 Å². The highest BCUT2D eigenvalue weighted by molar-refractivity contribution is 7.99. The van der Waals surface area contributed by atoms with Gasteiger partial charge >= 0.3 is 0 Å². The van der Waals surface area contributed by atoms with Gasteiger partial charge in [0.1, 0.15) is 5.76 Å². The minimum atomic E-state index is -0.373. The first-order chi connectivity index (χ1) is 8.29. The van der Waals surface area contributed by atoms with Crippen molar-refractivity contribution < 1.29 is 9.32 Å². The molecule has 1 heterocycles. The molecule has 6 heteroatoms. The summed E-state index contributed by atoms with van der Waals surface area (Å²) in [5.74, 6) is 1.98. The number of amides is 1. The quantitative estimate of drug-likeness (QED) is 0.817. The van der Waals surface area contributed by atoms with Gasteiger partial charge in [0, 0.05) is 23.4 Å². The number of carbonyl (C=O) groups excluding carboxylic acids is 1. The van der Waals surface area contributed by atoms with Crippen molar-refractivity contribution in [2.24, 2.45) is 5.73 Å². The molecule has 0 bridgehead atoms. The number of nitrogens with one attached hydrogen (secondary N) is 1. The van der Waals surface area contributed by atoms with E-state index in [0.717, 1.165) is 22.8 Å². The summed E-state index contributed by atoms with van der Waals surface area (Å²) in [4.78, 5) is 11.6. The fraction of sp³-hybridized carbons (Fsp3) is 0.667. The number of thioether (sulfide) groups is 1. The molecule has 1 aromatic heterocycles. The Balaban J connectivity index is 2.28. The van der Waals surface area contributed by atoms with Crippen molar-refractivity contribution in [2.75, 3.05) is 12.3 Å². The Hall–Kier alpha value is -1.01. The summed E-state index contributed by atoms with van der Waals surface area (Å²) in [6.45, 7) is 8.03. The lowest BCUT2D eigenvalue weighted by Crippen LogP contribution is -2.45. The van der Waals surface area contributed by atoms with E-state index in [1.54, 1.807) is 11.8 Å². The average Bonchev–Trinajstić information content (AvgIpc) is 2.57. The molecule has 0 spiro atoms. The molecule has 0 aliphatic carbocycles. The molecule has 18 heavy (non-hydrogen) atoms. The van der Waals surface area contributed by atoms with Crippen LogP contribution in [0.15, 0.2) is 4.52 Å². The van der Waals surface area contributed by atoms with E-state index >= 15 is 0 Å². The Bertz CT molecular complexity index is 390. The van der Waals surface area contributed by atoms with Crippen LogP contribution in [0.1, 0.15) is 30.9 Å². The van der Waals surface area contributed by atoms with Crippen molar-refractivity contribution in [3.8, 4) is 0 Å². The van der Waals surface area contributed by atoms with Crippen LogP contribution in [0, 0.1) is 13.8 Å². The van der Waals surface area contributed by atoms with Gasteiger partial charge in [-0.3, -0.25) is 4.79 Å². The zero-order chi connectivity index (χ0) is 13.8. The van der Waals surface area contributed by atoms with Crippen LogP contribution in [0.5, 0.6) is 0 Å². The fourth-order valence-electron chi connectivity index (χ4n) is 1.33. The van der Waals surface area contributed by atoms with Crippen LogP contribution in [0.4, 0.5) is 0 Å². The third-order valence-corrected chi connectivity index (χ3v) is 3.36. The van der Waals surface area contributed by atoms with E-state index in [2.05, 4.69) is 10.5 Å². The third kappa shape index (κ3) is 5.10. The smallest absolute Gasteiger partial charge is 0.230 e. The number of nitrogens with zero attached hydrogens (tertiary/aromatic N) is 1. The number of aromatic nitrogens is 1. The minimum absolute atomic E-state index is 0.00489. The Labute approximate surface area is 112 Å². The van der Waals surface area contributed by atoms with E-state index in [4.69, 9.17) is 10.3 Å². The molecule has 5 nitrogen and oxygen atoms in total. The molecule has 0 radical (unpaired) electrons. The molecule has 0 aliphatic rings. The molecule has 0 aliphatic heterocycles. The van der Waals surface area contributed by atoms with Crippen LogP contribution < -0.4 is 11.1 Å². The number of carbonyl (C=O) groups is 1. The van der Waals surface area contributed by atoms with Gasteiger partial charge in [-0.05, 0) is 27.7 Å². The van der Waals surface area contributed by atoms with Gasteiger partial charge in [-0.25, -0.2) is 0 Å². The number of hydrogen-bond acceptors (Lipinski definition) is 5. The van der Waals surface area contributed by atoms with Crippen LogP contribution in [0.25, 0.3) is 0 Å². The van der Waals surface area contributed by atoms with Crippen LogP contribution in [-0.4, -0.2) is 28.9 Å². The summed E-state index contributed by atoms with van der Waals surface area (Å²) in [5.41, 5.74) is 7.38. The summed E-state index contributed by atoms with van der Waals surface area (Å²) in [6.07, 6.45) is 0. The Morgan fingerprint density at radius 3 is 2.67 bits per heavy atom. The maximum absolute atomic E-state index is 11.6. The van der Waals surface area contributed by atoms with Gasteiger partial charge in [-0.1, -0.05) is 5.16 Å². The second-order valence-electron chi connectivity index (χ2n) is 5.06. The normalized spacial score (nSPS) is 11.6. The molecular weight excluding hydrogens is 250 g/mol. The van der Waals surface area contributed by atoms with Crippen molar-refractivity contribution in [1.29, 1.82) is 0 Å². The molecule has 102 valence electrons. The molecular formula is C12H21N3O2S. The maximum Gasteiger partial charge on any atom is 0.230 e. The molecule has 1 rings (SSSR count). The highest BCUT2D eigenvalue weighted by atomic mass is 32.2. The second-order valence-corrected chi connectivity index (χ2v) is 6.05. The molecule has 0 fully saturated rings. The van der Waals surface area contributed by atoms with Gasteiger partial charge in [-0.15, -0.1) is 11.8 Å². The summed E-state index contributed by atoms with van der Waals surface area (Å²) < 4.78 is 5.06. The van der Waals surface area contributed by atoms with E-state index in [-0.39, 0.29) is 11.4 Å². The summed E-state index contributed by atoms with van der Waals surface area (Å²) >= 11 is 1.55. The van der Waals surface area contributed by atoms with Gasteiger partial charge < -0.3 is 15.6 Å². The predicted molar refractivity (Wildman–Crippen MR) is 73.4 cm³/mol. The Kier molecular flexibility index (Phi) is 5.22. The third-order valence-electron chi connectivity index (χ3n) is 2.40. The number of hydrogen-bond donors (Lipinski definition) is 2. The standard InChI is InChI=1S/C12H21N3O2S/c1-8-10(9(2)17-15-8)5-18-6-11(16)14-7-12(3,4)13/h5-7,13H2,1-4H3,(H,14,16). The van der Waals surface area contributed by atoms with E-state index in [0.29, 0.717) is 12.3 Å². The lowest BCUT2D eigenvalue weighted by molar-refractivity contribution is -0.118. The summed E-state index contributed by atoms with van der Waals surface area (Å²) in [7, 11) is 0. The molecule has 1 aromatic rings. The first kappa shape index (κ1) is 15.0. The first-order valence-corrected chi connectivity index (χ1v) is 7.00. The van der Waals surface area contributed by atoms with Crippen molar-refractivity contribution in [3.63, 3.8) is 0 Å².